The molecule has 0 aromatic heterocycles. The van der Waals surface area contributed by atoms with Crippen LogP contribution in [0.2, 0.25) is 0 Å². The van der Waals surface area contributed by atoms with Crippen molar-refractivity contribution >= 4 is 5.91 Å². The molecule has 0 atom stereocenters. The highest BCUT2D eigenvalue weighted by molar-refractivity contribution is 5.75. The number of carbonyl (C=O) groups excluding carboxylic acids is 1. The van der Waals surface area contributed by atoms with Crippen LogP contribution in [0.1, 0.15) is 23.5 Å². The first kappa shape index (κ1) is 15.3. The third-order valence-corrected chi connectivity index (χ3v) is 3.56. The molecule has 0 spiro atoms. The van der Waals surface area contributed by atoms with Gasteiger partial charge in [-0.1, -0.05) is 60.7 Å². The van der Waals surface area contributed by atoms with Crippen molar-refractivity contribution in [3.8, 4) is 0 Å². The molecular weight excluding hydrogens is 260 g/mol. The van der Waals surface area contributed by atoms with Crippen molar-refractivity contribution in [2.24, 2.45) is 0 Å². The summed E-state index contributed by atoms with van der Waals surface area (Å²) in [7, 11) is 1.67. The van der Waals surface area contributed by atoms with Crippen LogP contribution in [0.5, 0.6) is 0 Å². The minimum Gasteiger partial charge on any atom is -0.359 e. The molecule has 0 aliphatic carbocycles. The number of hydrogen-bond acceptors (Lipinski definition) is 2. The lowest BCUT2D eigenvalue weighted by Crippen LogP contribution is -2.28. The summed E-state index contributed by atoms with van der Waals surface area (Å²) in [5.41, 5.74) is 2.58. The van der Waals surface area contributed by atoms with Crippen LogP contribution in [-0.4, -0.2) is 26.0 Å². The zero-order valence-corrected chi connectivity index (χ0v) is 12.4. The lowest BCUT2D eigenvalue weighted by atomic mass is 9.91. The van der Waals surface area contributed by atoms with Gasteiger partial charge < -0.3 is 10.6 Å². The van der Waals surface area contributed by atoms with E-state index >= 15 is 0 Å². The highest BCUT2D eigenvalue weighted by atomic mass is 16.1. The van der Waals surface area contributed by atoms with Gasteiger partial charge in [0.2, 0.25) is 5.91 Å². The highest BCUT2D eigenvalue weighted by Gasteiger charge is 2.13. The Morgan fingerprint density at radius 3 is 1.95 bits per heavy atom. The molecule has 0 unspecified atom stereocenters. The molecule has 3 nitrogen and oxygen atoms in total. The number of hydrogen-bond donors (Lipinski definition) is 2. The standard InChI is InChI=1S/C18H22N2O/c1-19-18(21)12-13-20-14-17(15-8-4-2-5-9-15)16-10-6-3-7-11-16/h2-11,17,20H,12-14H2,1H3,(H,19,21). The Balaban J connectivity index is 2.02. The lowest BCUT2D eigenvalue weighted by molar-refractivity contribution is -0.120. The van der Waals surface area contributed by atoms with Crippen LogP contribution >= 0.6 is 0 Å². The second-order valence-corrected chi connectivity index (χ2v) is 5.00. The Hall–Kier alpha value is -2.13. The summed E-state index contributed by atoms with van der Waals surface area (Å²) in [5.74, 6) is 0.371. The minimum absolute atomic E-state index is 0.0680. The zero-order chi connectivity index (χ0) is 14.9. The van der Waals surface area contributed by atoms with Gasteiger partial charge in [0.1, 0.15) is 0 Å². The van der Waals surface area contributed by atoms with Gasteiger partial charge in [-0.3, -0.25) is 4.79 Å². The van der Waals surface area contributed by atoms with Gasteiger partial charge in [0.25, 0.3) is 0 Å². The second-order valence-electron chi connectivity index (χ2n) is 5.00. The summed E-state index contributed by atoms with van der Waals surface area (Å²) < 4.78 is 0. The second kappa shape index (κ2) is 8.22. The van der Waals surface area contributed by atoms with E-state index in [0.717, 1.165) is 6.54 Å². The number of benzene rings is 2. The van der Waals surface area contributed by atoms with Gasteiger partial charge in [0.15, 0.2) is 0 Å². The molecule has 3 heteroatoms. The van der Waals surface area contributed by atoms with E-state index in [9.17, 15) is 4.79 Å². The SMILES string of the molecule is CNC(=O)CCNCC(c1ccccc1)c1ccccc1. The Bertz CT molecular complexity index is 500. The smallest absolute Gasteiger partial charge is 0.221 e. The third-order valence-electron chi connectivity index (χ3n) is 3.56. The summed E-state index contributed by atoms with van der Waals surface area (Å²) in [6.07, 6.45) is 0.507. The van der Waals surface area contributed by atoms with Crippen molar-refractivity contribution in [2.75, 3.05) is 20.1 Å². The molecule has 110 valence electrons. The Labute approximate surface area is 126 Å². The van der Waals surface area contributed by atoms with Crippen molar-refractivity contribution in [1.82, 2.24) is 10.6 Å². The van der Waals surface area contributed by atoms with Gasteiger partial charge in [-0.2, -0.15) is 0 Å². The van der Waals surface area contributed by atoms with E-state index in [1.54, 1.807) is 7.05 Å². The van der Waals surface area contributed by atoms with Gasteiger partial charge >= 0.3 is 0 Å². The fraction of sp³-hybridized carbons (Fsp3) is 0.278. The highest BCUT2D eigenvalue weighted by Crippen LogP contribution is 2.23. The van der Waals surface area contributed by atoms with Gasteiger partial charge in [-0.15, -0.1) is 0 Å². The van der Waals surface area contributed by atoms with Gasteiger partial charge in [0, 0.05) is 32.5 Å². The van der Waals surface area contributed by atoms with Gasteiger partial charge in [-0.25, -0.2) is 0 Å². The summed E-state index contributed by atoms with van der Waals surface area (Å²) in [6.45, 7) is 1.51. The van der Waals surface area contributed by atoms with Crippen LogP contribution in [0.4, 0.5) is 0 Å². The summed E-state index contributed by atoms with van der Waals surface area (Å²) >= 11 is 0. The van der Waals surface area contributed by atoms with Crippen LogP contribution < -0.4 is 10.6 Å². The molecule has 0 bridgehead atoms. The average molecular weight is 282 g/mol. The van der Waals surface area contributed by atoms with E-state index in [-0.39, 0.29) is 5.91 Å². The topological polar surface area (TPSA) is 41.1 Å². The molecule has 0 fully saturated rings. The summed E-state index contributed by atoms with van der Waals surface area (Å²) in [5, 5.41) is 6.02. The molecule has 2 N–H and O–H groups in total. The molecule has 2 aromatic rings. The maximum absolute atomic E-state index is 11.2. The van der Waals surface area contributed by atoms with E-state index in [1.807, 2.05) is 12.1 Å². The van der Waals surface area contributed by atoms with Crippen LogP contribution in [0, 0.1) is 0 Å². The molecule has 2 aromatic carbocycles. The monoisotopic (exact) mass is 282 g/mol. The average Bonchev–Trinajstić information content (AvgIpc) is 2.56. The Morgan fingerprint density at radius 1 is 0.952 bits per heavy atom. The van der Waals surface area contributed by atoms with Crippen molar-refractivity contribution < 1.29 is 4.79 Å². The van der Waals surface area contributed by atoms with E-state index in [1.165, 1.54) is 11.1 Å². The Morgan fingerprint density at radius 2 is 1.48 bits per heavy atom. The molecule has 1 amide bonds. The predicted octanol–water partition coefficient (Wildman–Crippen LogP) is 2.54. The quantitative estimate of drug-likeness (QED) is 0.766. The van der Waals surface area contributed by atoms with Gasteiger partial charge in [0.05, 0.1) is 0 Å². The van der Waals surface area contributed by atoms with Crippen molar-refractivity contribution in [2.45, 2.75) is 12.3 Å². The molecular formula is C18H22N2O. The minimum atomic E-state index is 0.0680. The molecule has 0 saturated carbocycles. The van der Waals surface area contributed by atoms with Crippen LogP contribution in [0.15, 0.2) is 60.7 Å². The largest absolute Gasteiger partial charge is 0.359 e. The van der Waals surface area contributed by atoms with E-state index in [0.29, 0.717) is 18.9 Å². The predicted molar refractivity (Wildman–Crippen MR) is 86.3 cm³/mol. The van der Waals surface area contributed by atoms with E-state index < -0.39 is 0 Å². The maximum atomic E-state index is 11.2. The number of nitrogens with one attached hydrogen (secondary N) is 2. The summed E-state index contributed by atoms with van der Waals surface area (Å²) in [6, 6.07) is 20.9. The lowest BCUT2D eigenvalue weighted by Gasteiger charge is -2.18. The van der Waals surface area contributed by atoms with E-state index in [2.05, 4.69) is 59.2 Å². The van der Waals surface area contributed by atoms with Crippen molar-refractivity contribution in [3.63, 3.8) is 0 Å². The summed E-state index contributed by atoms with van der Waals surface area (Å²) in [4.78, 5) is 11.2. The molecule has 0 radical (unpaired) electrons. The molecule has 21 heavy (non-hydrogen) atoms. The van der Waals surface area contributed by atoms with Crippen molar-refractivity contribution in [3.05, 3.63) is 71.8 Å². The maximum Gasteiger partial charge on any atom is 0.221 e. The first-order valence-electron chi connectivity index (χ1n) is 7.32. The molecule has 0 aliphatic rings. The Kier molecular flexibility index (Phi) is 5.98. The van der Waals surface area contributed by atoms with E-state index in [4.69, 9.17) is 0 Å². The normalized spacial score (nSPS) is 10.6. The zero-order valence-electron chi connectivity index (χ0n) is 12.4. The first-order chi connectivity index (χ1) is 10.3. The number of rotatable bonds is 7. The number of amides is 1. The first-order valence-corrected chi connectivity index (χ1v) is 7.32. The molecule has 0 saturated heterocycles. The number of carbonyl (C=O) groups is 1. The third kappa shape index (κ3) is 4.72. The van der Waals surface area contributed by atoms with Crippen LogP contribution in [0.3, 0.4) is 0 Å². The molecule has 0 heterocycles. The molecule has 0 aliphatic heterocycles. The fourth-order valence-electron chi connectivity index (χ4n) is 2.37. The van der Waals surface area contributed by atoms with Crippen LogP contribution in [-0.2, 0) is 4.79 Å². The van der Waals surface area contributed by atoms with Crippen LogP contribution in [0.25, 0.3) is 0 Å². The van der Waals surface area contributed by atoms with Gasteiger partial charge in [-0.05, 0) is 11.1 Å². The van der Waals surface area contributed by atoms with Crippen molar-refractivity contribution in [1.29, 1.82) is 0 Å². The molecule has 2 rings (SSSR count). The fourth-order valence-corrected chi connectivity index (χ4v) is 2.37.